The minimum absolute atomic E-state index is 0.146. The summed E-state index contributed by atoms with van der Waals surface area (Å²) in [5.41, 5.74) is 1.88. The fraction of sp³-hybridized carbons (Fsp3) is 0.0500. The molecular weight excluding hydrogens is 397 g/mol. The summed E-state index contributed by atoms with van der Waals surface area (Å²) in [6.07, 6.45) is 0. The number of hydrogen-bond donors (Lipinski definition) is 1. The van der Waals surface area contributed by atoms with Gasteiger partial charge in [0.05, 0.1) is 0 Å². The molecule has 8 heteroatoms. The van der Waals surface area contributed by atoms with Crippen LogP contribution in [0.25, 0.3) is 11.3 Å². The van der Waals surface area contributed by atoms with Gasteiger partial charge < -0.3 is 4.42 Å². The average molecular weight is 411 g/mol. The van der Waals surface area contributed by atoms with E-state index in [-0.39, 0.29) is 11.6 Å². The van der Waals surface area contributed by atoms with Crippen LogP contribution in [-0.4, -0.2) is 16.1 Å². The second-order valence-electron chi connectivity index (χ2n) is 5.77. The number of benzene rings is 2. The highest BCUT2D eigenvalue weighted by atomic mass is 32.2. The molecule has 0 spiro atoms. The Labute approximate surface area is 168 Å². The second-order valence-corrected chi connectivity index (χ2v) is 7.97. The molecule has 1 N–H and O–H groups in total. The van der Waals surface area contributed by atoms with E-state index in [0.29, 0.717) is 16.5 Å². The number of thioether (sulfide) groups is 1. The lowest BCUT2D eigenvalue weighted by atomic mass is 10.2. The van der Waals surface area contributed by atoms with Gasteiger partial charge in [0.2, 0.25) is 5.13 Å². The van der Waals surface area contributed by atoms with E-state index in [1.54, 1.807) is 36.0 Å². The van der Waals surface area contributed by atoms with Crippen LogP contribution < -0.4 is 5.32 Å². The molecule has 1 amide bonds. The maximum atomic E-state index is 13.0. The molecule has 0 unspecified atom stereocenters. The Morgan fingerprint density at radius 1 is 1.04 bits per heavy atom. The fourth-order valence-electron chi connectivity index (χ4n) is 2.43. The lowest BCUT2D eigenvalue weighted by molar-refractivity contribution is 0.0997. The number of carbonyl (C=O) groups is 1. The van der Waals surface area contributed by atoms with Gasteiger partial charge in [-0.2, -0.15) is 0 Å². The maximum absolute atomic E-state index is 13.0. The molecule has 140 valence electrons. The number of rotatable bonds is 6. The topological polar surface area (TPSA) is 68.0 Å². The number of anilines is 1. The normalized spacial score (nSPS) is 10.8. The van der Waals surface area contributed by atoms with Gasteiger partial charge in [0.25, 0.3) is 5.91 Å². The van der Waals surface area contributed by atoms with Crippen LogP contribution in [0.15, 0.2) is 75.5 Å². The van der Waals surface area contributed by atoms with Crippen LogP contribution in [0.4, 0.5) is 9.52 Å². The number of furan rings is 1. The van der Waals surface area contributed by atoms with Crippen LogP contribution in [-0.2, 0) is 5.75 Å². The molecule has 0 aliphatic carbocycles. The van der Waals surface area contributed by atoms with E-state index in [1.807, 2.05) is 30.3 Å². The van der Waals surface area contributed by atoms with Gasteiger partial charge in [-0.3, -0.25) is 10.1 Å². The molecule has 0 aliphatic rings. The zero-order valence-electron chi connectivity index (χ0n) is 14.5. The molecule has 4 rings (SSSR count). The Balaban J connectivity index is 1.37. The Morgan fingerprint density at radius 3 is 2.61 bits per heavy atom. The summed E-state index contributed by atoms with van der Waals surface area (Å²) in [4.78, 5) is 12.4. The molecule has 5 nitrogen and oxygen atoms in total. The van der Waals surface area contributed by atoms with Crippen molar-refractivity contribution in [3.8, 4) is 11.3 Å². The van der Waals surface area contributed by atoms with Gasteiger partial charge in [-0.05, 0) is 42.0 Å². The highest BCUT2D eigenvalue weighted by Crippen LogP contribution is 2.29. The molecule has 0 saturated heterocycles. The monoisotopic (exact) mass is 411 g/mol. The highest BCUT2D eigenvalue weighted by Gasteiger charge is 2.15. The largest absolute Gasteiger partial charge is 0.451 e. The number of hydrogen-bond acceptors (Lipinski definition) is 6. The molecule has 0 atom stereocenters. The van der Waals surface area contributed by atoms with Gasteiger partial charge >= 0.3 is 0 Å². The van der Waals surface area contributed by atoms with Crippen LogP contribution >= 0.6 is 23.1 Å². The molecule has 0 radical (unpaired) electrons. The van der Waals surface area contributed by atoms with Crippen molar-refractivity contribution in [3.05, 3.63) is 83.9 Å². The number of amides is 1. The Morgan fingerprint density at radius 2 is 1.82 bits per heavy atom. The highest BCUT2D eigenvalue weighted by molar-refractivity contribution is 8.00. The maximum Gasteiger partial charge on any atom is 0.293 e. The van der Waals surface area contributed by atoms with Crippen LogP contribution in [0.1, 0.15) is 16.1 Å². The summed E-state index contributed by atoms with van der Waals surface area (Å²) in [5.74, 6) is 0.673. The number of nitrogens with zero attached hydrogens (tertiary/aromatic N) is 2. The number of carbonyl (C=O) groups excluding carboxylic acids is 1. The van der Waals surface area contributed by atoms with Gasteiger partial charge in [-0.15, -0.1) is 10.2 Å². The predicted octanol–water partition coefficient (Wildman–Crippen LogP) is 5.48. The van der Waals surface area contributed by atoms with E-state index in [9.17, 15) is 9.18 Å². The molecule has 4 aromatic rings. The zero-order chi connectivity index (χ0) is 19.3. The fourth-order valence-corrected chi connectivity index (χ4v) is 4.13. The SMILES string of the molecule is O=C(Nc1nnc(SCc2ccccc2)s1)c1ccc(-c2ccc(F)cc2)o1. The van der Waals surface area contributed by atoms with Crippen LogP contribution in [0, 0.1) is 5.82 Å². The minimum Gasteiger partial charge on any atom is -0.451 e. The zero-order valence-corrected chi connectivity index (χ0v) is 16.1. The average Bonchev–Trinajstić information content (AvgIpc) is 3.38. The van der Waals surface area contributed by atoms with E-state index in [4.69, 9.17) is 4.42 Å². The van der Waals surface area contributed by atoms with Gasteiger partial charge in [-0.1, -0.05) is 53.4 Å². The van der Waals surface area contributed by atoms with E-state index in [1.165, 1.54) is 29.0 Å². The third kappa shape index (κ3) is 4.47. The second kappa shape index (κ2) is 8.37. The van der Waals surface area contributed by atoms with E-state index in [0.717, 1.165) is 10.1 Å². The van der Waals surface area contributed by atoms with Crippen LogP contribution in [0.5, 0.6) is 0 Å². The van der Waals surface area contributed by atoms with Gasteiger partial charge in [-0.25, -0.2) is 4.39 Å². The first-order valence-electron chi connectivity index (χ1n) is 8.35. The van der Waals surface area contributed by atoms with E-state index in [2.05, 4.69) is 15.5 Å². The summed E-state index contributed by atoms with van der Waals surface area (Å²) >= 11 is 2.86. The van der Waals surface area contributed by atoms with Gasteiger partial charge in [0.15, 0.2) is 10.1 Å². The van der Waals surface area contributed by atoms with Crippen molar-refractivity contribution < 1.29 is 13.6 Å². The van der Waals surface area contributed by atoms with Crippen molar-refractivity contribution in [1.82, 2.24) is 10.2 Å². The number of aromatic nitrogens is 2. The van der Waals surface area contributed by atoms with Gasteiger partial charge in [0, 0.05) is 11.3 Å². The summed E-state index contributed by atoms with van der Waals surface area (Å²) in [5, 5.41) is 11.2. The van der Waals surface area contributed by atoms with Crippen LogP contribution in [0.2, 0.25) is 0 Å². The summed E-state index contributed by atoms with van der Waals surface area (Å²) in [7, 11) is 0. The first-order valence-corrected chi connectivity index (χ1v) is 10.1. The van der Waals surface area contributed by atoms with E-state index >= 15 is 0 Å². The smallest absolute Gasteiger partial charge is 0.293 e. The molecule has 2 aromatic heterocycles. The van der Waals surface area contributed by atoms with Crippen molar-refractivity contribution in [2.45, 2.75) is 10.1 Å². The lowest BCUT2D eigenvalue weighted by Crippen LogP contribution is -2.10. The molecule has 0 saturated carbocycles. The van der Waals surface area contributed by atoms with Crippen molar-refractivity contribution in [3.63, 3.8) is 0 Å². The van der Waals surface area contributed by atoms with Crippen LogP contribution in [0.3, 0.4) is 0 Å². The van der Waals surface area contributed by atoms with E-state index < -0.39 is 5.91 Å². The Hall–Kier alpha value is -2.97. The quantitative estimate of drug-likeness (QED) is 0.336. The first kappa shape index (κ1) is 18.4. The Kier molecular flexibility index (Phi) is 5.50. The predicted molar refractivity (Wildman–Crippen MR) is 108 cm³/mol. The summed E-state index contributed by atoms with van der Waals surface area (Å²) < 4.78 is 19.4. The third-order valence-corrected chi connectivity index (χ3v) is 5.83. The minimum atomic E-state index is -0.413. The van der Waals surface area contributed by atoms with Crippen molar-refractivity contribution >= 4 is 34.1 Å². The lowest BCUT2D eigenvalue weighted by Gasteiger charge is -1.99. The molecule has 0 bridgehead atoms. The molecule has 0 fully saturated rings. The standard InChI is InChI=1S/C20H14FN3O2S2/c21-15-8-6-14(7-9-15)16-10-11-17(26-16)18(25)22-19-23-24-20(28-19)27-12-13-4-2-1-3-5-13/h1-11H,12H2,(H,22,23,25). The number of nitrogens with one attached hydrogen (secondary N) is 1. The van der Waals surface area contributed by atoms with Crippen molar-refractivity contribution in [2.75, 3.05) is 5.32 Å². The number of halogens is 1. The molecule has 2 heterocycles. The molecule has 0 aliphatic heterocycles. The summed E-state index contributed by atoms with van der Waals surface area (Å²) in [6.45, 7) is 0. The van der Waals surface area contributed by atoms with Crippen molar-refractivity contribution in [2.24, 2.45) is 0 Å². The third-order valence-electron chi connectivity index (χ3n) is 3.79. The summed E-state index contributed by atoms with van der Waals surface area (Å²) in [6, 6.07) is 19.2. The van der Waals surface area contributed by atoms with Gasteiger partial charge in [0.1, 0.15) is 11.6 Å². The van der Waals surface area contributed by atoms with Crippen molar-refractivity contribution in [1.29, 1.82) is 0 Å². The first-order chi connectivity index (χ1) is 13.7. The molecule has 2 aromatic carbocycles. The molecular formula is C20H14FN3O2S2. The molecule has 28 heavy (non-hydrogen) atoms. The Bertz CT molecular complexity index is 1080.